The van der Waals surface area contributed by atoms with Crippen LogP contribution in [0.4, 0.5) is 0 Å². The standard InChI is InChI=1S/C14H18N4O3S/c1-14(21)9-17(8-12-15-4-7-22-12)5-2-10(14)18-6-3-11(19)16-13(18)20/h3-4,6-7,10,21H,2,5,8-9H2,1H3,(H,16,19,20)/t10-,14-/m1/s1. The molecule has 3 rings (SSSR count). The molecule has 0 bridgehead atoms. The van der Waals surface area contributed by atoms with E-state index < -0.39 is 16.9 Å². The molecule has 2 atom stereocenters. The van der Waals surface area contributed by atoms with E-state index in [4.69, 9.17) is 0 Å². The van der Waals surface area contributed by atoms with Crippen LogP contribution in [0.5, 0.6) is 0 Å². The molecule has 0 unspecified atom stereocenters. The predicted molar refractivity (Wildman–Crippen MR) is 83.0 cm³/mol. The summed E-state index contributed by atoms with van der Waals surface area (Å²) in [6.45, 7) is 3.62. The second-order valence-electron chi connectivity index (χ2n) is 5.82. The SMILES string of the molecule is C[C@@]1(O)CN(Cc2nccs2)CC[C@H]1n1ccc(=O)[nH]c1=O. The van der Waals surface area contributed by atoms with Gasteiger partial charge < -0.3 is 5.11 Å². The highest BCUT2D eigenvalue weighted by Gasteiger charge is 2.39. The number of β-amino-alcohol motifs (C(OH)–C–C–N with tert-alkyl or cyclic N) is 1. The molecule has 1 aliphatic rings. The second-order valence-corrected chi connectivity index (χ2v) is 6.79. The molecule has 2 aromatic rings. The van der Waals surface area contributed by atoms with Gasteiger partial charge in [0.05, 0.1) is 18.2 Å². The number of nitrogens with one attached hydrogen (secondary N) is 1. The number of thiazole rings is 1. The molecule has 8 heteroatoms. The lowest BCUT2D eigenvalue weighted by atomic mass is 9.89. The molecule has 2 N–H and O–H groups in total. The normalized spacial score (nSPS) is 26.2. The maximum absolute atomic E-state index is 11.9. The highest BCUT2D eigenvalue weighted by atomic mass is 32.1. The zero-order chi connectivity index (χ0) is 15.7. The molecule has 1 fully saturated rings. The third kappa shape index (κ3) is 3.03. The highest BCUT2D eigenvalue weighted by Crippen LogP contribution is 2.31. The Morgan fingerprint density at radius 3 is 3.00 bits per heavy atom. The lowest BCUT2D eigenvalue weighted by molar-refractivity contribution is -0.0603. The van der Waals surface area contributed by atoms with Crippen molar-refractivity contribution >= 4 is 11.3 Å². The molecule has 1 saturated heterocycles. The summed E-state index contributed by atoms with van der Waals surface area (Å²) < 4.78 is 1.42. The van der Waals surface area contributed by atoms with Crippen LogP contribution in [0.25, 0.3) is 0 Å². The van der Waals surface area contributed by atoms with Crippen LogP contribution in [0.1, 0.15) is 24.4 Å². The Morgan fingerprint density at radius 1 is 1.55 bits per heavy atom. The van der Waals surface area contributed by atoms with E-state index in [-0.39, 0.29) is 6.04 Å². The summed E-state index contributed by atoms with van der Waals surface area (Å²) in [7, 11) is 0. The van der Waals surface area contributed by atoms with Crippen molar-refractivity contribution in [2.45, 2.75) is 31.5 Å². The summed E-state index contributed by atoms with van der Waals surface area (Å²) in [5.41, 5.74) is -1.97. The topological polar surface area (TPSA) is 91.2 Å². The van der Waals surface area contributed by atoms with Gasteiger partial charge in [0.15, 0.2) is 0 Å². The molecule has 7 nitrogen and oxygen atoms in total. The number of hydrogen-bond acceptors (Lipinski definition) is 6. The fourth-order valence-electron chi connectivity index (χ4n) is 3.02. The molecule has 0 spiro atoms. The van der Waals surface area contributed by atoms with Crippen LogP contribution in [0.3, 0.4) is 0 Å². The largest absolute Gasteiger partial charge is 0.387 e. The van der Waals surface area contributed by atoms with Crippen LogP contribution in [0.2, 0.25) is 0 Å². The third-order valence-electron chi connectivity index (χ3n) is 4.01. The van der Waals surface area contributed by atoms with Crippen LogP contribution < -0.4 is 11.2 Å². The van der Waals surface area contributed by atoms with Gasteiger partial charge in [-0.3, -0.25) is 19.2 Å². The van der Waals surface area contributed by atoms with Crippen LogP contribution in [0, 0.1) is 0 Å². The second kappa shape index (κ2) is 5.79. The quantitative estimate of drug-likeness (QED) is 0.842. The van der Waals surface area contributed by atoms with Gasteiger partial charge in [-0.05, 0) is 13.3 Å². The minimum absolute atomic E-state index is 0.357. The van der Waals surface area contributed by atoms with Crippen LogP contribution in [0.15, 0.2) is 33.4 Å². The fraction of sp³-hybridized carbons (Fsp3) is 0.500. The highest BCUT2D eigenvalue weighted by molar-refractivity contribution is 7.09. The van der Waals surface area contributed by atoms with Gasteiger partial charge in [0.2, 0.25) is 0 Å². The summed E-state index contributed by atoms with van der Waals surface area (Å²) in [5.74, 6) is 0. The number of aliphatic hydroxyl groups is 1. The number of hydrogen-bond donors (Lipinski definition) is 2. The minimum atomic E-state index is -1.06. The molecule has 3 heterocycles. The average Bonchev–Trinajstić information content (AvgIpc) is 2.92. The summed E-state index contributed by atoms with van der Waals surface area (Å²) in [6, 6.07) is 0.948. The zero-order valence-electron chi connectivity index (χ0n) is 12.2. The molecular formula is C14H18N4O3S. The van der Waals surface area contributed by atoms with Crippen molar-refractivity contribution in [2.75, 3.05) is 13.1 Å². The van der Waals surface area contributed by atoms with Crippen LogP contribution in [-0.2, 0) is 6.54 Å². The Bertz CT molecular complexity index is 750. The van der Waals surface area contributed by atoms with Crippen LogP contribution in [-0.4, -0.2) is 43.2 Å². The first-order valence-electron chi connectivity index (χ1n) is 7.10. The smallest absolute Gasteiger partial charge is 0.328 e. The maximum atomic E-state index is 11.9. The number of likely N-dealkylation sites (tertiary alicyclic amines) is 1. The van der Waals surface area contributed by atoms with E-state index in [1.54, 1.807) is 24.5 Å². The maximum Gasteiger partial charge on any atom is 0.328 e. The number of nitrogens with zero attached hydrogens (tertiary/aromatic N) is 3. The molecule has 22 heavy (non-hydrogen) atoms. The number of aromatic amines is 1. The Hall–Kier alpha value is -1.77. The van der Waals surface area contributed by atoms with Crippen molar-refractivity contribution in [2.24, 2.45) is 0 Å². The van der Waals surface area contributed by atoms with Crippen molar-refractivity contribution in [3.8, 4) is 0 Å². The van der Waals surface area contributed by atoms with Crippen molar-refractivity contribution in [1.82, 2.24) is 19.4 Å². The summed E-state index contributed by atoms with van der Waals surface area (Å²) in [4.78, 5) is 31.7. The fourth-order valence-corrected chi connectivity index (χ4v) is 3.68. The van der Waals surface area contributed by atoms with E-state index >= 15 is 0 Å². The van der Waals surface area contributed by atoms with Crippen molar-refractivity contribution in [3.63, 3.8) is 0 Å². The molecule has 0 amide bonds. The monoisotopic (exact) mass is 322 g/mol. The van der Waals surface area contributed by atoms with Gasteiger partial charge in [-0.25, -0.2) is 9.78 Å². The Kier molecular flexibility index (Phi) is 3.98. The van der Waals surface area contributed by atoms with E-state index in [2.05, 4.69) is 14.9 Å². The van der Waals surface area contributed by atoms with E-state index in [0.717, 1.165) is 11.6 Å². The summed E-state index contributed by atoms with van der Waals surface area (Å²) in [6.07, 6.45) is 3.85. The van der Waals surface area contributed by atoms with E-state index in [9.17, 15) is 14.7 Å². The van der Waals surface area contributed by atoms with Gasteiger partial charge in [-0.1, -0.05) is 0 Å². The lowest BCUT2D eigenvalue weighted by Gasteiger charge is -2.43. The molecule has 0 aliphatic carbocycles. The van der Waals surface area contributed by atoms with Gasteiger partial charge in [-0.15, -0.1) is 11.3 Å². The van der Waals surface area contributed by atoms with Gasteiger partial charge in [0.25, 0.3) is 5.56 Å². The zero-order valence-corrected chi connectivity index (χ0v) is 13.0. The molecule has 2 aromatic heterocycles. The Balaban J connectivity index is 1.79. The minimum Gasteiger partial charge on any atom is -0.387 e. The number of rotatable bonds is 3. The third-order valence-corrected chi connectivity index (χ3v) is 4.77. The Labute approximate surface area is 130 Å². The van der Waals surface area contributed by atoms with Gasteiger partial charge >= 0.3 is 5.69 Å². The molecular weight excluding hydrogens is 304 g/mol. The van der Waals surface area contributed by atoms with E-state index in [0.29, 0.717) is 19.5 Å². The lowest BCUT2D eigenvalue weighted by Crippen LogP contribution is -2.54. The molecule has 0 aromatic carbocycles. The predicted octanol–water partition coefficient (Wildman–Crippen LogP) is 0.191. The van der Waals surface area contributed by atoms with Crippen LogP contribution >= 0.6 is 11.3 Å². The number of H-pyrrole nitrogens is 1. The van der Waals surface area contributed by atoms with E-state index in [1.165, 1.54) is 16.8 Å². The summed E-state index contributed by atoms with van der Waals surface area (Å²) in [5, 5.41) is 13.7. The van der Waals surface area contributed by atoms with Gasteiger partial charge in [-0.2, -0.15) is 0 Å². The molecule has 118 valence electrons. The number of piperidine rings is 1. The van der Waals surface area contributed by atoms with Crippen molar-refractivity contribution in [1.29, 1.82) is 0 Å². The van der Waals surface area contributed by atoms with E-state index in [1.807, 2.05) is 5.38 Å². The molecule has 1 aliphatic heterocycles. The first-order valence-corrected chi connectivity index (χ1v) is 7.98. The van der Waals surface area contributed by atoms with Crippen molar-refractivity contribution < 1.29 is 5.11 Å². The van der Waals surface area contributed by atoms with Gasteiger partial charge in [0.1, 0.15) is 5.01 Å². The number of aromatic nitrogens is 3. The van der Waals surface area contributed by atoms with Gasteiger partial charge in [0, 0.05) is 36.9 Å². The average molecular weight is 322 g/mol. The van der Waals surface area contributed by atoms with Crippen molar-refractivity contribution in [3.05, 3.63) is 49.7 Å². The molecule has 0 saturated carbocycles. The molecule has 0 radical (unpaired) electrons. The first-order chi connectivity index (χ1) is 10.5. The Morgan fingerprint density at radius 2 is 2.36 bits per heavy atom. The summed E-state index contributed by atoms with van der Waals surface area (Å²) >= 11 is 1.59. The first kappa shape index (κ1) is 15.1.